The van der Waals surface area contributed by atoms with Gasteiger partial charge in [-0.05, 0) is 42.7 Å². The van der Waals surface area contributed by atoms with Gasteiger partial charge in [-0.25, -0.2) is 0 Å². The zero-order chi connectivity index (χ0) is 13.5. The molecule has 0 aromatic heterocycles. The minimum atomic E-state index is 0.155. The van der Waals surface area contributed by atoms with Crippen molar-refractivity contribution in [3.63, 3.8) is 0 Å². The molecule has 0 aliphatic heterocycles. The molecule has 0 bridgehead atoms. The predicted molar refractivity (Wildman–Crippen MR) is 79.1 cm³/mol. The van der Waals surface area contributed by atoms with E-state index in [2.05, 4.69) is 36.4 Å². The largest absolute Gasteiger partial charge is 0.302 e. The van der Waals surface area contributed by atoms with Crippen LogP contribution in [0.25, 0.3) is 0 Å². The Kier molecular flexibility index (Phi) is 4.93. The molecule has 0 heterocycles. The molecule has 1 N–H and O–H groups in total. The van der Waals surface area contributed by atoms with Gasteiger partial charge in [0, 0.05) is 9.79 Å². The summed E-state index contributed by atoms with van der Waals surface area (Å²) in [6.07, 6.45) is 1.86. The molecule has 0 saturated heterocycles. The number of nitrogens with one attached hydrogen (secondary N) is 1. The Morgan fingerprint density at radius 1 is 1.00 bits per heavy atom. The Morgan fingerprint density at radius 3 is 2.26 bits per heavy atom. The van der Waals surface area contributed by atoms with Crippen LogP contribution in [0.2, 0.25) is 0 Å². The van der Waals surface area contributed by atoms with Gasteiger partial charge >= 0.3 is 0 Å². The number of aryl methyl sites for hydroxylation is 1. The molecule has 0 radical (unpaired) electrons. The summed E-state index contributed by atoms with van der Waals surface area (Å²) in [6.45, 7) is 0. The fourth-order valence-corrected chi connectivity index (χ4v) is 2.52. The van der Waals surface area contributed by atoms with Crippen molar-refractivity contribution >= 4 is 23.8 Å². The Hall–Kier alpha value is -1.87. The van der Waals surface area contributed by atoms with Crippen LogP contribution >= 0.6 is 11.8 Å². The van der Waals surface area contributed by atoms with Crippen LogP contribution in [0, 0.1) is 5.41 Å². The molecule has 0 saturated carbocycles. The van der Waals surface area contributed by atoms with Crippen LogP contribution in [-0.4, -0.2) is 12.0 Å². The number of benzene rings is 2. The maximum absolute atomic E-state index is 10.4. The molecule has 2 aromatic carbocycles. The monoisotopic (exact) mass is 269 g/mol. The van der Waals surface area contributed by atoms with Crippen LogP contribution in [0.5, 0.6) is 0 Å². The van der Waals surface area contributed by atoms with Crippen LogP contribution in [0.15, 0.2) is 64.4 Å². The molecule has 0 spiro atoms. The lowest BCUT2D eigenvalue weighted by atomic mass is 10.1. The van der Waals surface area contributed by atoms with E-state index in [1.165, 1.54) is 9.79 Å². The molecule has 19 heavy (non-hydrogen) atoms. The molecule has 0 aliphatic carbocycles. The van der Waals surface area contributed by atoms with E-state index in [9.17, 15) is 4.79 Å². The third-order valence-electron chi connectivity index (χ3n) is 2.73. The standard InChI is InChI=1S/C16H15NOS/c17-14(12-18)9-6-13-7-10-16(11-8-13)19-15-4-2-1-3-5-15/h1-5,7-8,10-12,17H,6,9H2. The number of rotatable bonds is 6. The molecule has 0 fully saturated rings. The summed E-state index contributed by atoms with van der Waals surface area (Å²) in [5.41, 5.74) is 1.31. The van der Waals surface area contributed by atoms with Crippen LogP contribution in [0.1, 0.15) is 12.0 Å². The molecule has 0 atom stereocenters. The van der Waals surface area contributed by atoms with Gasteiger partial charge in [0.1, 0.15) is 0 Å². The van der Waals surface area contributed by atoms with Crippen LogP contribution in [0.3, 0.4) is 0 Å². The van der Waals surface area contributed by atoms with Gasteiger partial charge in [0.05, 0.1) is 5.71 Å². The molecule has 96 valence electrons. The minimum Gasteiger partial charge on any atom is -0.302 e. The lowest BCUT2D eigenvalue weighted by Crippen LogP contribution is -1.99. The number of hydrogen-bond donors (Lipinski definition) is 1. The van der Waals surface area contributed by atoms with Crippen LogP contribution in [-0.2, 0) is 11.2 Å². The van der Waals surface area contributed by atoms with Gasteiger partial charge in [0.25, 0.3) is 0 Å². The molecular formula is C16H15NOS. The van der Waals surface area contributed by atoms with E-state index in [4.69, 9.17) is 5.41 Å². The molecular weight excluding hydrogens is 254 g/mol. The van der Waals surface area contributed by atoms with E-state index in [1.807, 2.05) is 18.2 Å². The molecule has 3 heteroatoms. The van der Waals surface area contributed by atoms with Crippen LogP contribution in [0.4, 0.5) is 0 Å². The third kappa shape index (κ3) is 4.38. The van der Waals surface area contributed by atoms with Crippen molar-refractivity contribution in [3.8, 4) is 0 Å². The molecule has 2 aromatic rings. The molecule has 2 nitrogen and oxygen atoms in total. The van der Waals surface area contributed by atoms with Gasteiger partial charge in [-0.2, -0.15) is 0 Å². The second kappa shape index (κ2) is 6.90. The highest BCUT2D eigenvalue weighted by Gasteiger charge is 1.99. The second-order valence-electron chi connectivity index (χ2n) is 4.20. The number of aldehydes is 1. The minimum absolute atomic E-state index is 0.155. The summed E-state index contributed by atoms with van der Waals surface area (Å²) in [4.78, 5) is 12.8. The van der Waals surface area contributed by atoms with Crippen molar-refractivity contribution in [2.24, 2.45) is 0 Å². The number of carbonyl (C=O) groups is 1. The van der Waals surface area contributed by atoms with Gasteiger partial charge in [0.2, 0.25) is 0 Å². The smallest absolute Gasteiger partial charge is 0.163 e. The second-order valence-corrected chi connectivity index (χ2v) is 5.35. The van der Waals surface area contributed by atoms with E-state index in [0.29, 0.717) is 12.7 Å². The Balaban J connectivity index is 1.95. The summed E-state index contributed by atoms with van der Waals surface area (Å²) < 4.78 is 0. The van der Waals surface area contributed by atoms with Gasteiger partial charge in [-0.1, -0.05) is 42.1 Å². The molecule has 0 unspecified atom stereocenters. The average Bonchev–Trinajstić information content (AvgIpc) is 2.47. The van der Waals surface area contributed by atoms with Crippen LogP contribution < -0.4 is 0 Å². The quantitative estimate of drug-likeness (QED) is 0.636. The maximum atomic E-state index is 10.4. The van der Waals surface area contributed by atoms with Gasteiger partial charge < -0.3 is 5.41 Å². The van der Waals surface area contributed by atoms with E-state index in [0.717, 1.165) is 12.0 Å². The zero-order valence-electron chi connectivity index (χ0n) is 10.5. The summed E-state index contributed by atoms with van der Waals surface area (Å²) in [5, 5.41) is 7.31. The summed E-state index contributed by atoms with van der Waals surface area (Å²) in [6, 6.07) is 18.5. The fourth-order valence-electron chi connectivity index (χ4n) is 1.69. The predicted octanol–water partition coefficient (Wildman–Crippen LogP) is 3.99. The third-order valence-corrected chi connectivity index (χ3v) is 3.74. The highest BCUT2D eigenvalue weighted by atomic mass is 32.2. The first kappa shape index (κ1) is 13.6. The van der Waals surface area contributed by atoms with Gasteiger partial charge in [-0.15, -0.1) is 0 Å². The fraction of sp³-hybridized carbons (Fsp3) is 0.125. The number of carbonyl (C=O) groups excluding carboxylic acids is 1. The van der Waals surface area contributed by atoms with Crippen molar-refractivity contribution < 1.29 is 4.79 Å². The van der Waals surface area contributed by atoms with E-state index < -0.39 is 0 Å². The van der Waals surface area contributed by atoms with Crippen molar-refractivity contribution in [2.45, 2.75) is 22.6 Å². The lowest BCUT2D eigenvalue weighted by molar-refractivity contribution is -0.102. The average molecular weight is 269 g/mol. The SMILES string of the molecule is N=C(C=O)CCc1ccc(Sc2ccccc2)cc1. The first-order chi connectivity index (χ1) is 9.28. The highest BCUT2D eigenvalue weighted by molar-refractivity contribution is 7.99. The van der Waals surface area contributed by atoms with E-state index >= 15 is 0 Å². The van der Waals surface area contributed by atoms with Crippen molar-refractivity contribution in [3.05, 3.63) is 60.2 Å². The van der Waals surface area contributed by atoms with E-state index in [-0.39, 0.29) is 5.71 Å². The van der Waals surface area contributed by atoms with Gasteiger partial charge in [-0.3, -0.25) is 4.79 Å². The summed E-state index contributed by atoms with van der Waals surface area (Å²) >= 11 is 1.73. The Morgan fingerprint density at radius 2 is 1.63 bits per heavy atom. The topological polar surface area (TPSA) is 40.9 Å². The first-order valence-electron chi connectivity index (χ1n) is 6.12. The van der Waals surface area contributed by atoms with Crippen molar-refractivity contribution in [1.82, 2.24) is 0 Å². The zero-order valence-corrected chi connectivity index (χ0v) is 11.3. The van der Waals surface area contributed by atoms with Crippen molar-refractivity contribution in [2.75, 3.05) is 0 Å². The summed E-state index contributed by atoms with van der Waals surface area (Å²) in [5.74, 6) is 0. The van der Waals surface area contributed by atoms with E-state index in [1.54, 1.807) is 11.8 Å². The Labute approximate surface area is 117 Å². The molecule has 2 rings (SSSR count). The lowest BCUT2D eigenvalue weighted by Gasteiger charge is -2.04. The normalized spacial score (nSPS) is 10.1. The number of hydrogen-bond acceptors (Lipinski definition) is 3. The first-order valence-corrected chi connectivity index (χ1v) is 6.94. The molecule has 0 amide bonds. The Bertz CT molecular complexity index is 549. The summed E-state index contributed by atoms with van der Waals surface area (Å²) in [7, 11) is 0. The highest BCUT2D eigenvalue weighted by Crippen LogP contribution is 2.27. The molecule has 0 aliphatic rings. The van der Waals surface area contributed by atoms with Gasteiger partial charge in [0.15, 0.2) is 6.29 Å². The maximum Gasteiger partial charge on any atom is 0.163 e. The van der Waals surface area contributed by atoms with Crippen molar-refractivity contribution in [1.29, 1.82) is 5.41 Å².